The number of aliphatic hydroxyl groups excluding tert-OH is 1. The first-order valence-electron chi connectivity index (χ1n) is 8.39. The Hall–Kier alpha value is -1.75. The van der Waals surface area contributed by atoms with Gasteiger partial charge in [-0.05, 0) is 48.4 Å². The SMILES string of the molecule is CCCCNC(c1ccc(OC)cc1)C(O)c1ccc(OC)cc1.Cl. The topological polar surface area (TPSA) is 50.7 Å². The Morgan fingerprint density at radius 2 is 1.36 bits per heavy atom. The number of halogens is 1. The van der Waals surface area contributed by atoms with E-state index < -0.39 is 6.10 Å². The summed E-state index contributed by atoms with van der Waals surface area (Å²) in [6.45, 7) is 3.02. The van der Waals surface area contributed by atoms with Gasteiger partial charge in [0.15, 0.2) is 0 Å². The Morgan fingerprint density at radius 3 is 1.80 bits per heavy atom. The van der Waals surface area contributed by atoms with Gasteiger partial charge in [0, 0.05) is 0 Å². The van der Waals surface area contributed by atoms with Crippen molar-refractivity contribution >= 4 is 12.4 Å². The second-order valence-corrected chi connectivity index (χ2v) is 5.78. The monoisotopic (exact) mass is 365 g/mol. The van der Waals surface area contributed by atoms with Crippen LogP contribution >= 0.6 is 12.4 Å². The van der Waals surface area contributed by atoms with Crippen LogP contribution in [-0.4, -0.2) is 25.9 Å². The molecular weight excluding hydrogens is 338 g/mol. The fourth-order valence-electron chi connectivity index (χ4n) is 2.65. The molecule has 0 spiro atoms. The van der Waals surface area contributed by atoms with Crippen molar-refractivity contribution in [2.24, 2.45) is 0 Å². The lowest BCUT2D eigenvalue weighted by atomic mass is 9.95. The molecule has 2 rings (SSSR count). The van der Waals surface area contributed by atoms with Crippen LogP contribution in [-0.2, 0) is 0 Å². The summed E-state index contributed by atoms with van der Waals surface area (Å²) in [5, 5.41) is 14.4. The molecule has 0 saturated carbocycles. The fourth-order valence-corrected chi connectivity index (χ4v) is 2.65. The van der Waals surface area contributed by atoms with Crippen molar-refractivity contribution in [1.29, 1.82) is 0 Å². The molecule has 0 aliphatic heterocycles. The third-order valence-electron chi connectivity index (χ3n) is 4.14. The van der Waals surface area contributed by atoms with E-state index in [2.05, 4.69) is 12.2 Å². The van der Waals surface area contributed by atoms with Gasteiger partial charge in [0.2, 0.25) is 0 Å². The van der Waals surface area contributed by atoms with E-state index in [9.17, 15) is 5.11 Å². The number of rotatable bonds is 9. The average molecular weight is 366 g/mol. The molecule has 0 saturated heterocycles. The summed E-state index contributed by atoms with van der Waals surface area (Å²) in [7, 11) is 3.29. The smallest absolute Gasteiger partial charge is 0.118 e. The number of aliphatic hydroxyl groups is 1. The van der Waals surface area contributed by atoms with Gasteiger partial charge in [0.25, 0.3) is 0 Å². The summed E-state index contributed by atoms with van der Waals surface area (Å²) in [5.74, 6) is 1.59. The molecule has 2 aromatic carbocycles. The number of hydrogen-bond donors (Lipinski definition) is 2. The summed E-state index contributed by atoms with van der Waals surface area (Å²) in [6.07, 6.45) is 1.55. The van der Waals surface area contributed by atoms with Crippen LogP contribution in [0.4, 0.5) is 0 Å². The Labute approximate surface area is 156 Å². The van der Waals surface area contributed by atoms with Gasteiger partial charge < -0.3 is 19.9 Å². The van der Waals surface area contributed by atoms with Gasteiger partial charge in [-0.25, -0.2) is 0 Å². The first kappa shape index (κ1) is 21.3. The fraction of sp³-hybridized carbons (Fsp3) is 0.400. The molecule has 2 unspecified atom stereocenters. The molecule has 0 bridgehead atoms. The predicted octanol–water partition coefficient (Wildman–Crippen LogP) is 4.29. The van der Waals surface area contributed by atoms with Gasteiger partial charge in [-0.15, -0.1) is 12.4 Å². The minimum absolute atomic E-state index is 0. The molecule has 4 nitrogen and oxygen atoms in total. The van der Waals surface area contributed by atoms with Crippen LogP contribution < -0.4 is 14.8 Å². The number of benzene rings is 2. The number of hydrogen-bond acceptors (Lipinski definition) is 4. The lowest BCUT2D eigenvalue weighted by Gasteiger charge is -2.25. The Kier molecular flexibility index (Phi) is 9.35. The zero-order chi connectivity index (χ0) is 17.4. The Balaban J connectivity index is 0.00000312. The summed E-state index contributed by atoms with van der Waals surface area (Å²) >= 11 is 0. The molecule has 0 fully saturated rings. The van der Waals surface area contributed by atoms with Gasteiger partial charge in [0.05, 0.1) is 26.4 Å². The van der Waals surface area contributed by atoms with Crippen molar-refractivity contribution in [2.75, 3.05) is 20.8 Å². The number of unbranched alkanes of at least 4 members (excludes halogenated alkanes) is 1. The Morgan fingerprint density at radius 1 is 0.880 bits per heavy atom. The van der Waals surface area contributed by atoms with Crippen molar-refractivity contribution in [2.45, 2.75) is 31.9 Å². The summed E-state index contributed by atoms with van der Waals surface area (Å²) in [4.78, 5) is 0. The molecule has 0 aliphatic carbocycles. The van der Waals surface area contributed by atoms with Crippen LogP contribution in [0.2, 0.25) is 0 Å². The van der Waals surface area contributed by atoms with E-state index in [1.807, 2.05) is 48.5 Å². The number of ether oxygens (including phenoxy) is 2. The third kappa shape index (κ3) is 5.92. The Bertz CT molecular complexity index is 601. The molecule has 2 aromatic rings. The van der Waals surface area contributed by atoms with Crippen LogP contribution in [0.5, 0.6) is 11.5 Å². The van der Waals surface area contributed by atoms with Crippen LogP contribution in [0.1, 0.15) is 43.0 Å². The van der Waals surface area contributed by atoms with Crippen LogP contribution in [0.15, 0.2) is 48.5 Å². The van der Waals surface area contributed by atoms with Crippen molar-refractivity contribution in [3.05, 3.63) is 59.7 Å². The molecule has 0 amide bonds. The van der Waals surface area contributed by atoms with E-state index in [0.29, 0.717) is 0 Å². The molecule has 2 atom stereocenters. The molecular formula is C20H28ClNO3. The first-order chi connectivity index (χ1) is 11.7. The molecule has 5 heteroatoms. The highest BCUT2D eigenvalue weighted by molar-refractivity contribution is 5.85. The van der Waals surface area contributed by atoms with Crippen molar-refractivity contribution in [1.82, 2.24) is 5.32 Å². The maximum atomic E-state index is 10.9. The van der Waals surface area contributed by atoms with E-state index >= 15 is 0 Å². The lowest BCUT2D eigenvalue weighted by Crippen LogP contribution is -2.28. The number of nitrogens with one attached hydrogen (secondary N) is 1. The van der Waals surface area contributed by atoms with Crippen molar-refractivity contribution in [3.63, 3.8) is 0 Å². The molecule has 138 valence electrons. The van der Waals surface area contributed by atoms with Gasteiger partial charge in [-0.3, -0.25) is 0 Å². The molecule has 0 heterocycles. The maximum absolute atomic E-state index is 10.9. The van der Waals surface area contributed by atoms with Crippen molar-refractivity contribution in [3.8, 4) is 11.5 Å². The second-order valence-electron chi connectivity index (χ2n) is 5.78. The van der Waals surface area contributed by atoms with Crippen LogP contribution in [0, 0.1) is 0 Å². The number of methoxy groups -OCH3 is 2. The van der Waals surface area contributed by atoms with E-state index in [1.165, 1.54) is 0 Å². The lowest BCUT2D eigenvalue weighted by molar-refractivity contribution is 0.128. The predicted molar refractivity (Wildman–Crippen MR) is 104 cm³/mol. The first-order valence-corrected chi connectivity index (χ1v) is 8.39. The zero-order valence-corrected chi connectivity index (χ0v) is 15.9. The van der Waals surface area contributed by atoms with E-state index in [4.69, 9.17) is 9.47 Å². The highest BCUT2D eigenvalue weighted by Crippen LogP contribution is 2.30. The summed E-state index contributed by atoms with van der Waals surface area (Å²) < 4.78 is 10.4. The molecule has 25 heavy (non-hydrogen) atoms. The van der Waals surface area contributed by atoms with E-state index in [1.54, 1.807) is 14.2 Å². The highest BCUT2D eigenvalue weighted by atomic mass is 35.5. The standard InChI is InChI=1S/C20H27NO3.ClH/c1-4-5-14-21-19(15-6-10-17(23-2)11-7-15)20(22)16-8-12-18(24-3)13-9-16;/h6-13,19-22H,4-5,14H2,1-3H3;1H. The van der Waals surface area contributed by atoms with Crippen molar-refractivity contribution < 1.29 is 14.6 Å². The minimum atomic E-state index is -0.638. The van der Waals surface area contributed by atoms with E-state index in [0.717, 1.165) is 42.0 Å². The molecule has 0 aromatic heterocycles. The molecule has 2 N–H and O–H groups in total. The normalized spacial score (nSPS) is 12.8. The maximum Gasteiger partial charge on any atom is 0.118 e. The van der Waals surface area contributed by atoms with Crippen LogP contribution in [0.25, 0.3) is 0 Å². The second kappa shape index (κ2) is 11.0. The quantitative estimate of drug-likeness (QED) is 0.651. The largest absolute Gasteiger partial charge is 0.497 e. The average Bonchev–Trinajstić information content (AvgIpc) is 2.65. The van der Waals surface area contributed by atoms with Gasteiger partial charge >= 0.3 is 0 Å². The van der Waals surface area contributed by atoms with E-state index in [-0.39, 0.29) is 18.4 Å². The summed E-state index contributed by atoms with van der Waals surface area (Å²) in [6, 6.07) is 15.2. The minimum Gasteiger partial charge on any atom is -0.497 e. The van der Waals surface area contributed by atoms with Crippen LogP contribution in [0.3, 0.4) is 0 Å². The highest BCUT2D eigenvalue weighted by Gasteiger charge is 2.22. The van der Waals surface area contributed by atoms with Gasteiger partial charge in [-0.1, -0.05) is 37.6 Å². The third-order valence-corrected chi connectivity index (χ3v) is 4.14. The molecule has 0 radical (unpaired) electrons. The zero-order valence-electron chi connectivity index (χ0n) is 15.1. The molecule has 0 aliphatic rings. The van der Waals surface area contributed by atoms with Gasteiger partial charge in [-0.2, -0.15) is 0 Å². The summed E-state index contributed by atoms with van der Waals surface area (Å²) in [5.41, 5.74) is 1.90. The van der Waals surface area contributed by atoms with Gasteiger partial charge in [0.1, 0.15) is 11.5 Å².